The predicted octanol–water partition coefficient (Wildman–Crippen LogP) is 4.90. The maximum absolute atomic E-state index is 14.4. The summed E-state index contributed by atoms with van der Waals surface area (Å²) in [6.45, 7) is 1.12. The van der Waals surface area contributed by atoms with Gasteiger partial charge in [0.15, 0.2) is 23.1 Å². The molecule has 1 atom stereocenters. The number of benzene rings is 2. The average Bonchev–Trinajstić information content (AvgIpc) is 2.86. The molecule has 3 aromatic rings. The van der Waals surface area contributed by atoms with Crippen molar-refractivity contribution < 1.29 is 23.4 Å². The van der Waals surface area contributed by atoms with Crippen LogP contribution in [0.3, 0.4) is 0 Å². The van der Waals surface area contributed by atoms with Gasteiger partial charge in [-0.05, 0) is 55.7 Å². The Balaban J connectivity index is 1.69. The van der Waals surface area contributed by atoms with Crippen LogP contribution in [0.2, 0.25) is 0 Å². The highest BCUT2D eigenvalue weighted by Gasteiger charge is 2.14. The molecule has 182 valence electrons. The third-order valence-corrected chi connectivity index (χ3v) is 5.85. The molecule has 0 saturated heterocycles. The molecule has 0 bridgehead atoms. The quantitative estimate of drug-likeness (QED) is 0.246. The number of nitrogens with one attached hydrogen (secondary N) is 2. The van der Waals surface area contributed by atoms with E-state index in [-0.39, 0.29) is 11.8 Å². The molecule has 0 aliphatic heterocycles. The third-order valence-electron chi connectivity index (χ3n) is 5.21. The SMILES string of the molecule is CNc1ccc(Oc2ccnc3cc(OCCCNC(C=O)CCSC)c(OC)cc23)c(F)c1. The first-order chi connectivity index (χ1) is 16.6. The minimum Gasteiger partial charge on any atom is -0.493 e. The summed E-state index contributed by atoms with van der Waals surface area (Å²) in [5, 5.41) is 6.80. The summed E-state index contributed by atoms with van der Waals surface area (Å²) in [6, 6.07) is 9.79. The number of hydrogen-bond donors (Lipinski definition) is 2. The number of carbonyl (C=O) groups excluding carboxylic acids is 1. The zero-order valence-electron chi connectivity index (χ0n) is 19.6. The summed E-state index contributed by atoms with van der Waals surface area (Å²) in [4.78, 5) is 15.5. The van der Waals surface area contributed by atoms with Crippen molar-refractivity contribution in [3.63, 3.8) is 0 Å². The Hall–Kier alpha value is -3.04. The molecule has 0 aliphatic rings. The summed E-state index contributed by atoms with van der Waals surface area (Å²) in [7, 11) is 3.28. The van der Waals surface area contributed by atoms with Crippen molar-refractivity contribution in [1.29, 1.82) is 0 Å². The largest absolute Gasteiger partial charge is 0.493 e. The van der Waals surface area contributed by atoms with Crippen LogP contribution >= 0.6 is 11.8 Å². The number of aromatic nitrogens is 1. The Kier molecular flexibility index (Phi) is 9.78. The molecular weight excluding hydrogens is 457 g/mol. The highest BCUT2D eigenvalue weighted by atomic mass is 32.2. The lowest BCUT2D eigenvalue weighted by molar-refractivity contribution is -0.109. The van der Waals surface area contributed by atoms with Crippen molar-refractivity contribution in [2.75, 3.05) is 44.6 Å². The van der Waals surface area contributed by atoms with E-state index >= 15 is 0 Å². The highest BCUT2D eigenvalue weighted by molar-refractivity contribution is 7.98. The third kappa shape index (κ3) is 6.74. The normalized spacial score (nSPS) is 11.8. The van der Waals surface area contributed by atoms with E-state index in [0.29, 0.717) is 47.0 Å². The van der Waals surface area contributed by atoms with Crippen LogP contribution in [0.15, 0.2) is 42.6 Å². The molecule has 0 radical (unpaired) electrons. The summed E-state index contributed by atoms with van der Waals surface area (Å²) in [5.74, 6) is 2.12. The van der Waals surface area contributed by atoms with Crippen molar-refractivity contribution in [2.45, 2.75) is 18.9 Å². The summed E-state index contributed by atoms with van der Waals surface area (Å²) in [6.07, 6.45) is 6.12. The summed E-state index contributed by atoms with van der Waals surface area (Å²) in [5.41, 5.74) is 1.29. The van der Waals surface area contributed by atoms with Gasteiger partial charge in [0, 0.05) is 36.5 Å². The van der Waals surface area contributed by atoms with E-state index in [4.69, 9.17) is 14.2 Å². The molecule has 0 amide bonds. The lowest BCUT2D eigenvalue weighted by Crippen LogP contribution is -2.32. The molecule has 2 N–H and O–H groups in total. The average molecular weight is 488 g/mol. The molecular formula is C25H30FN3O4S. The zero-order chi connectivity index (χ0) is 24.3. The Morgan fingerprint density at radius 2 is 2.00 bits per heavy atom. The molecule has 1 aromatic heterocycles. The van der Waals surface area contributed by atoms with Crippen molar-refractivity contribution >= 4 is 34.6 Å². The maximum atomic E-state index is 14.4. The fraction of sp³-hybridized carbons (Fsp3) is 0.360. The molecule has 1 heterocycles. The van der Waals surface area contributed by atoms with Gasteiger partial charge in [0.2, 0.25) is 0 Å². The second-order valence-electron chi connectivity index (χ2n) is 7.51. The Morgan fingerprint density at radius 3 is 2.71 bits per heavy atom. The molecule has 3 rings (SSSR count). The number of rotatable bonds is 14. The van der Waals surface area contributed by atoms with Crippen molar-refractivity contribution in [1.82, 2.24) is 10.3 Å². The number of nitrogens with zero attached hydrogens (tertiary/aromatic N) is 1. The molecule has 1 unspecified atom stereocenters. The number of halogens is 1. The van der Waals surface area contributed by atoms with E-state index < -0.39 is 5.82 Å². The molecule has 9 heteroatoms. The van der Waals surface area contributed by atoms with E-state index in [9.17, 15) is 9.18 Å². The Bertz CT molecular complexity index is 1100. The van der Waals surface area contributed by atoms with E-state index in [1.54, 1.807) is 62.4 Å². The molecule has 0 fully saturated rings. The van der Waals surface area contributed by atoms with Crippen LogP contribution < -0.4 is 24.8 Å². The van der Waals surface area contributed by atoms with Gasteiger partial charge in [-0.2, -0.15) is 11.8 Å². The molecule has 2 aromatic carbocycles. The van der Waals surface area contributed by atoms with Crippen molar-refractivity contribution in [3.05, 3.63) is 48.4 Å². The number of methoxy groups -OCH3 is 1. The van der Waals surface area contributed by atoms with E-state index in [1.165, 1.54) is 6.07 Å². The van der Waals surface area contributed by atoms with Gasteiger partial charge in [-0.1, -0.05) is 0 Å². The van der Waals surface area contributed by atoms with Crippen LogP contribution in [0.5, 0.6) is 23.0 Å². The second-order valence-corrected chi connectivity index (χ2v) is 8.49. The minimum absolute atomic E-state index is 0.115. The standard InChI is InChI=1S/C25H30FN3O4S/c1-27-17-5-6-23(20(26)13-17)33-22-7-10-29-21-15-25(24(31-2)14-19(21)22)32-11-4-9-28-18(16-30)8-12-34-3/h5-7,10,13-16,18,27-28H,4,8-9,11-12H2,1-3H3. The van der Waals surface area contributed by atoms with Gasteiger partial charge in [0.25, 0.3) is 0 Å². The molecule has 0 saturated carbocycles. The van der Waals surface area contributed by atoms with Gasteiger partial charge in [-0.15, -0.1) is 0 Å². The number of pyridine rings is 1. The number of carbonyl (C=O) groups is 1. The second kappa shape index (κ2) is 13.0. The van der Waals surface area contributed by atoms with E-state index in [1.807, 2.05) is 6.26 Å². The first-order valence-electron chi connectivity index (χ1n) is 11.0. The highest BCUT2D eigenvalue weighted by Crippen LogP contribution is 2.37. The summed E-state index contributed by atoms with van der Waals surface area (Å²) < 4.78 is 31.7. The topological polar surface area (TPSA) is 81.7 Å². The smallest absolute Gasteiger partial charge is 0.167 e. The number of aldehydes is 1. The van der Waals surface area contributed by atoms with Gasteiger partial charge < -0.3 is 29.6 Å². The van der Waals surface area contributed by atoms with E-state index in [0.717, 1.165) is 24.9 Å². The van der Waals surface area contributed by atoms with Crippen LogP contribution in [-0.2, 0) is 4.79 Å². The predicted molar refractivity (Wildman–Crippen MR) is 135 cm³/mol. The van der Waals surface area contributed by atoms with Gasteiger partial charge in [0.1, 0.15) is 12.0 Å². The Morgan fingerprint density at radius 1 is 1.15 bits per heavy atom. The van der Waals surface area contributed by atoms with E-state index in [2.05, 4.69) is 15.6 Å². The maximum Gasteiger partial charge on any atom is 0.167 e. The van der Waals surface area contributed by atoms with Crippen LogP contribution in [0.4, 0.5) is 10.1 Å². The first-order valence-corrected chi connectivity index (χ1v) is 12.4. The zero-order valence-corrected chi connectivity index (χ0v) is 20.4. The van der Waals surface area contributed by atoms with Crippen LogP contribution in [-0.4, -0.2) is 56.6 Å². The Labute approximate surface area is 203 Å². The number of anilines is 1. The van der Waals surface area contributed by atoms with Gasteiger partial charge >= 0.3 is 0 Å². The van der Waals surface area contributed by atoms with Crippen LogP contribution in [0, 0.1) is 5.82 Å². The monoisotopic (exact) mass is 487 g/mol. The number of fused-ring (bicyclic) bond motifs is 1. The van der Waals surface area contributed by atoms with Crippen LogP contribution in [0.1, 0.15) is 12.8 Å². The first kappa shape index (κ1) is 25.6. The lowest BCUT2D eigenvalue weighted by Gasteiger charge is -2.15. The number of hydrogen-bond acceptors (Lipinski definition) is 8. The fourth-order valence-electron chi connectivity index (χ4n) is 3.35. The van der Waals surface area contributed by atoms with Gasteiger partial charge in [0.05, 0.1) is 25.3 Å². The lowest BCUT2D eigenvalue weighted by atomic mass is 10.1. The molecule has 0 spiro atoms. The fourth-order valence-corrected chi connectivity index (χ4v) is 3.84. The summed E-state index contributed by atoms with van der Waals surface area (Å²) >= 11 is 1.72. The molecule has 7 nitrogen and oxygen atoms in total. The van der Waals surface area contributed by atoms with Crippen molar-refractivity contribution in [3.8, 4) is 23.0 Å². The van der Waals surface area contributed by atoms with Crippen LogP contribution in [0.25, 0.3) is 10.9 Å². The molecule has 0 aliphatic carbocycles. The number of ether oxygens (including phenoxy) is 3. The van der Waals surface area contributed by atoms with Gasteiger partial charge in [-0.3, -0.25) is 4.98 Å². The molecule has 34 heavy (non-hydrogen) atoms. The number of thioether (sulfide) groups is 1. The van der Waals surface area contributed by atoms with Gasteiger partial charge in [-0.25, -0.2) is 4.39 Å². The minimum atomic E-state index is -0.470. The van der Waals surface area contributed by atoms with Crippen molar-refractivity contribution in [2.24, 2.45) is 0 Å².